The van der Waals surface area contributed by atoms with Gasteiger partial charge in [-0.1, -0.05) is 18.9 Å². The second kappa shape index (κ2) is 8.30. The van der Waals surface area contributed by atoms with E-state index in [1.807, 2.05) is 0 Å². The van der Waals surface area contributed by atoms with Crippen molar-refractivity contribution >= 4 is 29.3 Å². The zero-order chi connectivity index (χ0) is 19.4. The first-order valence-corrected chi connectivity index (χ1v) is 9.24. The topological polar surface area (TPSA) is 116 Å². The van der Waals surface area contributed by atoms with Gasteiger partial charge in [-0.15, -0.1) is 0 Å². The van der Waals surface area contributed by atoms with Crippen LogP contribution < -0.4 is 10.6 Å². The molecule has 2 aliphatic rings. The standard InChI is InChI=1S/C19H23N3O5/c23-11-4-2-1-3-10-20-13-7-5-6-12-16(13)19(27)22(18(12)26)14-8-9-15(24)21-17(14)25/h5-7,14,20,23H,1-4,8-11H2,(H,21,24,25). The highest BCUT2D eigenvalue weighted by molar-refractivity contribution is 6.25. The summed E-state index contributed by atoms with van der Waals surface area (Å²) in [5.41, 5.74) is 1.13. The Labute approximate surface area is 156 Å². The molecule has 1 aromatic rings. The number of benzene rings is 1. The number of nitrogens with zero attached hydrogens (tertiary/aromatic N) is 1. The molecule has 2 aliphatic heterocycles. The van der Waals surface area contributed by atoms with Crippen molar-refractivity contribution in [2.75, 3.05) is 18.5 Å². The van der Waals surface area contributed by atoms with Crippen LogP contribution in [0.25, 0.3) is 0 Å². The van der Waals surface area contributed by atoms with Crippen molar-refractivity contribution in [2.45, 2.75) is 44.6 Å². The molecule has 1 fully saturated rings. The number of hydrogen-bond acceptors (Lipinski definition) is 6. The molecule has 0 bridgehead atoms. The first-order valence-electron chi connectivity index (χ1n) is 9.24. The number of piperidine rings is 1. The van der Waals surface area contributed by atoms with Gasteiger partial charge in [0.25, 0.3) is 11.8 Å². The first-order chi connectivity index (χ1) is 13.0. The van der Waals surface area contributed by atoms with Gasteiger partial charge in [-0.2, -0.15) is 0 Å². The Balaban J connectivity index is 1.72. The molecule has 3 N–H and O–H groups in total. The fourth-order valence-corrected chi connectivity index (χ4v) is 3.48. The van der Waals surface area contributed by atoms with Crippen LogP contribution in [-0.2, 0) is 9.59 Å². The van der Waals surface area contributed by atoms with E-state index in [1.54, 1.807) is 18.2 Å². The third kappa shape index (κ3) is 3.85. The van der Waals surface area contributed by atoms with Gasteiger partial charge >= 0.3 is 0 Å². The average Bonchev–Trinajstić information content (AvgIpc) is 2.90. The number of carbonyl (C=O) groups excluding carboxylic acids is 4. The summed E-state index contributed by atoms with van der Waals surface area (Å²) in [6, 6.07) is 4.06. The molecule has 0 aliphatic carbocycles. The van der Waals surface area contributed by atoms with E-state index in [0.29, 0.717) is 12.2 Å². The number of hydrogen-bond donors (Lipinski definition) is 3. The van der Waals surface area contributed by atoms with Gasteiger partial charge in [-0.25, -0.2) is 0 Å². The van der Waals surface area contributed by atoms with Gasteiger partial charge in [0, 0.05) is 25.3 Å². The van der Waals surface area contributed by atoms with Crippen LogP contribution in [0, 0.1) is 0 Å². The van der Waals surface area contributed by atoms with E-state index in [0.717, 1.165) is 30.6 Å². The predicted molar refractivity (Wildman–Crippen MR) is 97.2 cm³/mol. The summed E-state index contributed by atoms with van der Waals surface area (Å²) in [5, 5.41) is 14.2. The van der Waals surface area contributed by atoms with Gasteiger partial charge in [0.15, 0.2) is 0 Å². The minimum atomic E-state index is -0.957. The summed E-state index contributed by atoms with van der Waals surface area (Å²) in [4.78, 5) is 50.0. The number of nitrogens with one attached hydrogen (secondary N) is 2. The van der Waals surface area contributed by atoms with Crippen LogP contribution in [0.15, 0.2) is 18.2 Å². The number of aliphatic hydroxyl groups is 1. The van der Waals surface area contributed by atoms with Crippen LogP contribution in [0.2, 0.25) is 0 Å². The molecule has 0 radical (unpaired) electrons. The van der Waals surface area contributed by atoms with E-state index in [9.17, 15) is 19.2 Å². The Kier molecular flexibility index (Phi) is 5.85. The summed E-state index contributed by atoms with van der Waals surface area (Å²) in [7, 11) is 0. The van der Waals surface area contributed by atoms with Crippen molar-refractivity contribution in [1.82, 2.24) is 10.2 Å². The third-order valence-corrected chi connectivity index (χ3v) is 4.87. The fourth-order valence-electron chi connectivity index (χ4n) is 3.48. The molecule has 8 nitrogen and oxygen atoms in total. The third-order valence-electron chi connectivity index (χ3n) is 4.87. The molecule has 1 atom stereocenters. The SMILES string of the molecule is O=C1CCC(N2C(=O)c3cccc(NCCCCCCO)c3C2=O)C(=O)N1. The van der Waals surface area contributed by atoms with Crippen molar-refractivity contribution in [2.24, 2.45) is 0 Å². The zero-order valence-corrected chi connectivity index (χ0v) is 15.0. The monoisotopic (exact) mass is 373 g/mol. The highest BCUT2D eigenvalue weighted by atomic mass is 16.3. The van der Waals surface area contributed by atoms with Crippen molar-refractivity contribution in [3.8, 4) is 0 Å². The largest absolute Gasteiger partial charge is 0.396 e. The number of rotatable bonds is 8. The number of anilines is 1. The van der Waals surface area contributed by atoms with Crippen LogP contribution in [0.3, 0.4) is 0 Å². The summed E-state index contributed by atoms with van der Waals surface area (Å²) in [5.74, 6) is -2.01. The molecule has 144 valence electrons. The summed E-state index contributed by atoms with van der Waals surface area (Å²) < 4.78 is 0. The van der Waals surface area contributed by atoms with Crippen LogP contribution >= 0.6 is 0 Å². The Morgan fingerprint density at radius 2 is 1.85 bits per heavy atom. The van der Waals surface area contributed by atoms with E-state index in [2.05, 4.69) is 10.6 Å². The Bertz CT molecular complexity index is 777. The minimum Gasteiger partial charge on any atom is -0.396 e. The smallest absolute Gasteiger partial charge is 0.264 e. The van der Waals surface area contributed by atoms with E-state index >= 15 is 0 Å². The van der Waals surface area contributed by atoms with Crippen LogP contribution in [0.5, 0.6) is 0 Å². The van der Waals surface area contributed by atoms with Crippen LogP contribution in [0.1, 0.15) is 59.2 Å². The van der Waals surface area contributed by atoms with E-state index in [-0.39, 0.29) is 30.6 Å². The van der Waals surface area contributed by atoms with Crippen LogP contribution in [-0.4, -0.2) is 52.8 Å². The number of fused-ring (bicyclic) bond motifs is 1. The summed E-state index contributed by atoms with van der Waals surface area (Å²) in [6.07, 6.45) is 3.79. The number of unbranched alkanes of at least 4 members (excludes halogenated alkanes) is 3. The fraction of sp³-hybridized carbons (Fsp3) is 0.474. The molecular formula is C19H23N3O5. The van der Waals surface area contributed by atoms with Gasteiger partial charge in [0.05, 0.1) is 11.1 Å². The lowest BCUT2D eigenvalue weighted by Gasteiger charge is -2.27. The van der Waals surface area contributed by atoms with E-state index < -0.39 is 29.7 Å². The highest BCUT2D eigenvalue weighted by Gasteiger charge is 2.45. The molecule has 0 saturated carbocycles. The molecule has 27 heavy (non-hydrogen) atoms. The minimum absolute atomic E-state index is 0.1000. The van der Waals surface area contributed by atoms with E-state index in [1.165, 1.54) is 0 Å². The summed E-state index contributed by atoms with van der Waals surface area (Å²) in [6.45, 7) is 0.828. The molecule has 1 unspecified atom stereocenters. The maximum Gasteiger partial charge on any atom is 0.264 e. The van der Waals surface area contributed by atoms with Crippen molar-refractivity contribution in [1.29, 1.82) is 0 Å². The number of imide groups is 2. The molecule has 8 heteroatoms. The lowest BCUT2D eigenvalue weighted by atomic mass is 10.0. The van der Waals surface area contributed by atoms with Gasteiger partial charge < -0.3 is 10.4 Å². The highest BCUT2D eigenvalue weighted by Crippen LogP contribution is 2.32. The molecule has 0 aromatic heterocycles. The zero-order valence-electron chi connectivity index (χ0n) is 15.0. The van der Waals surface area contributed by atoms with Crippen molar-refractivity contribution < 1.29 is 24.3 Å². The molecule has 2 heterocycles. The predicted octanol–water partition coefficient (Wildman–Crippen LogP) is 1.05. The van der Waals surface area contributed by atoms with E-state index in [4.69, 9.17) is 5.11 Å². The van der Waals surface area contributed by atoms with Gasteiger partial charge in [-0.3, -0.25) is 29.4 Å². The van der Waals surface area contributed by atoms with Crippen LogP contribution in [0.4, 0.5) is 5.69 Å². The Morgan fingerprint density at radius 3 is 2.59 bits per heavy atom. The number of amides is 4. The average molecular weight is 373 g/mol. The van der Waals surface area contributed by atoms with Gasteiger partial charge in [-0.05, 0) is 31.4 Å². The van der Waals surface area contributed by atoms with Crippen molar-refractivity contribution in [3.05, 3.63) is 29.3 Å². The maximum absolute atomic E-state index is 12.9. The Hall–Kier alpha value is -2.74. The molecule has 4 amide bonds. The van der Waals surface area contributed by atoms with Crippen molar-refractivity contribution in [3.63, 3.8) is 0 Å². The second-order valence-electron chi connectivity index (χ2n) is 6.74. The molecule has 1 aromatic carbocycles. The molecule has 3 rings (SSSR count). The number of carbonyl (C=O) groups is 4. The molecule has 1 saturated heterocycles. The Morgan fingerprint density at radius 1 is 1.07 bits per heavy atom. The quantitative estimate of drug-likeness (QED) is 0.463. The lowest BCUT2D eigenvalue weighted by molar-refractivity contribution is -0.136. The maximum atomic E-state index is 12.9. The summed E-state index contributed by atoms with van der Waals surface area (Å²) >= 11 is 0. The van der Waals surface area contributed by atoms with Gasteiger partial charge in [0.2, 0.25) is 11.8 Å². The lowest BCUT2D eigenvalue weighted by Crippen LogP contribution is -2.54. The normalized spacial score (nSPS) is 19.3. The first kappa shape index (κ1) is 19.0. The second-order valence-corrected chi connectivity index (χ2v) is 6.74. The number of aliphatic hydroxyl groups excluding tert-OH is 1. The van der Waals surface area contributed by atoms with Gasteiger partial charge in [0.1, 0.15) is 6.04 Å². The molecule has 0 spiro atoms. The molecular weight excluding hydrogens is 350 g/mol.